The van der Waals surface area contributed by atoms with E-state index in [-0.39, 0.29) is 39.7 Å². The summed E-state index contributed by atoms with van der Waals surface area (Å²) in [6.07, 6.45) is 7.10. The van der Waals surface area contributed by atoms with Crippen LogP contribution in [-0.4, -0.2) is 62.0 Å². The van der Waals surface area contributed by atoms with Crippen LogP contribution in [0.2, 0.25) is 0 Å². The maximum Gasteiger partial charge on any atom is 2.00 e. The van der Waals surface area contributed by atoms with Crippen molar-refractivity contribution in [2.75, 3.05) is 0 Å². The number of pyridine rings is 4. The van der Waals surface area contributed by atoms with Crippen molar-refractivity contribution in [2.24, 2.45) is 0 Å². The molecule has 0 bridgehead atoms. The van der Waals surface area contributed by atoms with Crippen LogP contribution in [0.5, 0.6) is 11.5 Å². The molecule has 0 aliphatic rings. The number of H-pyrrole nitrogens is 2. The number of hydrogen-bond acceptors (Lipinski definition) is 12. The number of phenols is 2. The summed E-state index contributed by atoms with van der Waals surface area (Å²) in [5.41, 5.74) is 8.18. The molecular weight excluding hydrogens is 815 g/mol. The maximum atomic E-state index is 10.3. The topological polar surface area (TPSA) is 230 Å². The summed E-state index contributed by atoms with van der Waals surface area (Å²) in [5, 5.41) is 43.5. The number of aromatic nitrogens is 8. The normalized spacial score (nSPS) is 10.9. The minimum Gasteiger partial charge on any atom is -0.545 e. The number of rotatable bonds is 4. The minimum absolute atomic E-state index is 0. The first kappa shape index (κ1) is 39.6. The molecule has 61 heavy (non-hydrogen) atoms. The van der Waals surface area contributed by atoms with Crippen molar-refractivity contribution < 1.29 is 47.1 Å². The van der Waals surface area contributed by atoms with Gasteiger partial charge in [-0.1, -0.05) is 24.3 Å². The number of aromatic carboxylic acids is 2. The first-order chi connectivity index (χ1) is 29.2. The maximum absolute atomic E-state index is 10.3. The number of aromatic amines is 2. The standard InChI is InChI=1S/2C19H12N4O.C8H6O4.Mn/c2*24-12-7-5-11(6-8-12)19-22-17-13-3-1-9-20-15(13)16-14(18(17)23-19)4-2-10-21-16;9-7(10)5-3-1-2-4-6(5)8(11)12;/h2*1-10,24H,(H,22,23);1-4H,(H,9,10)(H,11,12);/q;;;+2/p-2. The minimum atomic E-state index is -1.52. The predicted molar refractivity (Wildman–Crippen MR) is 223 cm³/mol. The number of hydrogen-bond donors (Lipinski definition) is 4. The number of aromatic hydroxyl groups is 2. The van der Waals surface area contributed by atoms with Gasteiger partial charge in [-0.15, -0.1) is 0 Å². The third kappa shape index (κ3) is 7.49. The van der Waals surface area contributed by atoms with E-state index < -0.39 is 11.9 Å². The second kappa shape index (κ2) is 16.5. The fourth-order valence-corrected chi connectivity index (χ4v) is 7.04. The van der Waals surface area contributed by atoms with E-state index in [2.05, 4.69) is 29.9 Å². The number of carboxylic acids is 2. The fourth-order valence-electron chi connectivity index (χ4n) is 7.04. The van der Waals surface area contributed by atoms with Gasteiger partial charge in [0.2, 0.25) is 0 Å². The van der Waals surface area contributed by atoms with Gasteiger partial charge in [-0.25, -0.2) is 9.97 Å². The van der Waals surface area contributed by atoms with Gasteiger partial charge in [0.15, 0.2) is 0 Å². The van der Waals surface area contributed by atoms with Gasteiger partial charge in [-0.2, -0.15) is 0 Å². The fraction of sp³-hybridized carbons (Fsp3) is 0. The van der Waals surface area contributed by atoms with Gasteiger partial charge in [0.25, 0.3) is 0 Å². The predicted octanol–water partition coefficient (Wildman–Crippen LogP) is 6.47. The Morgan fingerprint density at radius 3 is 1.10 bits per heavy atom. The van der Waals surface area contributed by atoms with Gasteiger partial charge in [0.1, 0.15) is 23.1 Å². The molecule has 0 aliphatic heterocycles. The van der Waals surface area contributed by atoms with Gasteiger partial charge >= 0.3 is 17.1 Å². The molecule has 6 heterocycles. The Labute approximate surface area is 354 Å². The van der Waals surface area contributed by atoms with Crippen molar-refractivity contribution in [3.63, 3.8) is 0 Å². The molecule has 15 heteroatoms. The Kier molecular flexibility index (Phi) is 10.7. The first-order valence-corrected chi connectivity index (χ1v) is 18.4. The van der Waals surface area contributed by atoms with E-state index >= 15 is 0 Å². The van der Waals surface area contributed by atoms with E-state index in [1.165, 1.54) is 12.1 Å². The SMILES string of the molecule is O=C([O-])c1ccccc1C(=O)[O-].Oc1ccc(-c2nc3c4cccnc4c4ncccc4c3[nH]2)cc1.Oc1ccc(-c2nc3c4cccnc4c4ncccc4c3[nH]2)cc1.[Mn+2]. The van der Waals surface area contributed by atoms with Gasteiger partial charge < -0.3 is 40.0 Å². The molecule has 14 nitrogen and oxygen atoms in total. The van der Waals surface area contributed by atoms with E-state index in [4.69, 9.17) is 9.97 Å². The van der Waals surface area contributed by atoms with Crippen molar-refractivity contribution in [3.8, 4) is 34.3 Å². The summed E-state index contributed by atoms with van der Waals surface area (Å²) in [4.78, 5) is 55.1. The van der Waals surface area contributed by atoms with Crippen LogP contribution in [0.4, 0.5) is 0 Å². The second-order valence-electron chi connectivity index (χ2n) is 13.4. The van der Waals surface area contributed by atoms with Crippen molar-refractivity contribution in [1.82, 2.24) is 39.9 Å². The smallest absolute Gasteiger partial charge is 0.545 e. The average molecular weight is 844 g/mol. The third-order valence-corrected chi connectivity index (χ3v) is 9.78. The van der Waals surface area contributed by atoms with E-state index in [1.54, 1.807) is 49.1 Å². The van der Waals surface area contributed by atoms with Gasteiger partial charge in [-0.3, -0.25) is 19.9 Å². The number of carbonyl (C=O) groups excluding carboxylic acids is 2. The molecule has 11 rings (SSSR count). The van der Waals surface area contributed by atoms with Gasteiger partial charge in [0.05, 0.1) is 56.1 Å². The number of carbonyl (C=O) groups is 2. The monoisotopic (exact) mass is 843 g/mol. The van der Waals surface area contributed by atoms with E-state index in [9.17, 15) is 30.0 Å². The molecule has 295 valence electrons. The number of carboxylic acid groups (broad SMARTS) is 2. The van der Waals surface area contributed by atoms with Crippen LogP contribution in [0, 0.1) is 0 Å². The van der Waals surface area contributed by atoms with Crippen LogP contribution in [-0.2, 0) is 17.1 Å². The van der Waals surface area contributed by atoms with Gasteiger partial charge in [-0.05, 0) is 97.1 Å². The third-order valence-electron chi connectivity index (χ3n) is 9.78. The van der Waals surface area contributed by atoms with E-state index in [0.717, 1.165) is 101 Å². The number of phenolic OH excluding ortho intramolecular Hbond substituents is 2. The van der Waals surface area contributed by atoms with Crippen LogP contribution in [0.25, 0.3) is 88.5 Å². The summed E-state index contributed by atoms with van der Waals surface area (Å²) in [6.45, 7) is 0. The van der Waals surface area contributed by atoms with Crippen molar-refractivity contribution in [2.45, 2.75) is 0 Å². The zero-order chi connectivity index (χ0) is 41.3. The first-order valence-electron chi connectivity index (χ1n) is 18.4. The summed E-state index contributed by atoms with van der Waals surface area (Å²) < 4.78 is 0. The average Bonchev–Trinajstić information content (AvgIpc) is 3.95. The molecule has 0 aliphatic carbocycles. The summed E-state index contributed by atoms with van der Waals surface area (Å²) in [5.74, 6) is -1.05. The van der Waals surface area contributed by atoms with Crippen molar-refractivity contribution >= 4 is 77.6 Å². The summed E-state index contributed by atoms with van der Waals surface area (Å²) in [6, 6.07) is 34.8. The number of nitrogens with zero attached hydrogens (tertiary/aromatic N) is 6. The molecule has 0 atom stereocenters. The Balaban J connectivity index is 0.000000133. The zero-order valence-corrected chi connectivity index (χ0v) is 32.6. The van der Waals surface area contributed by atoms with Crippen LogP contribution in [0.15, 0.2) is 146 Å². The Hall–Kier alpha value is -8.26. The molecular formula is C46H28MnN8O6. The van der Waals surface area contributed by atoms with Gasteiger partial charge in [0, 0.05) is 68.6 Å². The molecule has 0 fully saturated rings. The largest absolute Gasteiger partial charge is 2.00 e. The Morgan fingerprint density at radius 1 is 0.426 bits per heavy atom. The molecule has 6 aromatic heterocycles. The van der Waals surface area contributed by atoms with E-state index in [1.807, 2.05) is 72.8 Å². The van der Waals surface area contributed by atoms with Crippen LogP contribution in [0.3, 0.4) is 0 Å². The van der Waals surface area contributed by atoms with Crippen LogP contribution >= 0.6 is 0 Å². The molecule has 0 spiro atoms. The van der Waals surface area contributed by atoms with Crippen molar-refractivity contribution in [3.05, 3.63) is 157 Å². The molecule has 11 aromatic rings. The quantitative estimate of drug-likeness (QED) is 0.110. The molecule has 0 unspecified atom stereocenters. The molecule has 0 amide bonds. The molecule has 0 saturated heterocycles. The molecule has 5 aromatic carbocycles. The summed E-state index contributed by atoms with van der Waals surface area (Å²) >= 11 is 0. The number of imidazole rings is 2. The molecule has 0 saturated carbocycles. The van der Waals surface area contributed by atoms with Crippen LogP contribution in [0.1, 0.15) is 20.7 Å². The Bertz CT molecular complexity index is 3050. The van der Waals surface area contributed by atoms with Crippen LogP contribution < -0.4 is 10.2 Å². The molecule has 4 N–H and O–H groups in total. The zero-order valence-electron chi connectivity index (χ0n) is 31.4. The second-order valence-corrected chi connectivity index (χ2v) is 13.4. The number of benzene rings is 5. The summed E-state index contributed by atoms with van der Waals surface area (Å²) in [7, 11) is 0. The van der Waals surface area contributed by atoms with E-state index in [0.29, 0.717) is 0 Å². The molecule has 1 radical (unpaired) electrons. The number of nitrogens with one attached hydrogen (secondary N) is 2. The Morgan fingerprint density at radius 2 is 0.754 bits per heavy atom. The van der Waals surface area contributed by atoms with Crippen molar-refractivity contribution in [1.29, 1.82) is 0 Å². The number of fused-ring (bicyclic) bond motifs is 12.